The third-order valence-electron chi connectivity index (χ3n) is 3.96. The van der Waals surface area contributed by atoms with Gasteiger partial charge >= 0.3 is 0 Å². The number of halogens is 1. The van der Waals surface area contributed by atoms with Crippen molar-refractivity contribution in [3.63, 3.8) is 0 Å². The van der Waals surface area contributed by atoms with Gasteiger partial charge in [-0.25, -0.2) is 17.7 Å². The number of aromatic nitrogens is 3. The molecule has 0 aromatic carbocycles. The second-order valence-corrected chi connectivity index (χ2v) is 7.82. The van der Waals surface area contributed by atoms with Crippen LogP contribution in [0, 0.1) is 0 Å². The molecule has 9 nitrogen and oxygen atoms in total. The molecule has 1 aliphatic rings. The second kappa shape index (κ2) is 9.46. The zero-order chi connectivity index (χ0) is 17.7. The normalized spacial score (nSPS) is 17.2. The number of hydrogen-bond donors (Lipinski definition) is 2. The van der Waals surface area contributed by atoms with E-state index in [0.29, 0.717) is 45.1 Å². The minimum atomic E-state index is -3.06. The number of rotatable bonds is 6. The smallest absolute Gasteiger partial charge is 0.214 e. The molecule has 0 bridgehead atoms. The highest BCUT2D eigenvalue weighted by molar-refractivity contribution is 14.0. The first-order chi connectivity index (χ1) is 12.1. The van der Waals surface area contributed by atoms with Gasteiger partial charge in [-0.15, -0.1) is 34.2 Å². The molecule has 11 heteroatoms. The zero-order valence-electron chi connectivity index (χ0n) is 14.6. The van der Waals surface area contributed by atoms with Gasteiger partial charge in [0.15, 0.2) is 17.4 Å². The molecule has 1 aliphatic heterocycles. The summed E-state index contributed by atoms with van der Waals surface area (Å²) in [6.07, 6.45) is 2.61. The third-order valence-corrected chi connectivity index (χ3v) is 5.92. The number of pyridine rings is 1. The van der Waals surface area contributed by atoms with Gasteiger partial charge in [-0.1, -0.05) is 6.07 Å². The maximum atomic E-state index is 11.8. The van der Waals surface area contributed by atoms with E-state index in [1.807, 2.05) is 35.7 Å². The topological polar surface area (TPSA) is 104 Å². The van der Waals surface area contributed by atoms with E-state index in [1.165, 1.54) is 4.31 Å². The van der Waals surface area contributed by atoms with Crippen LogP contribution >= 0.6 is 24.0 Å². The number of nitrogens with one attached hydrogen (secondary N) is 2. The van der Waals surface area contributed by atoms with Crippen LogP contribution in [-0.2, 0) is 16.6 Å². The van der Waals surface area contributed by atoms with E-state index in [0.717, 1.165) is 11.5 Å². The van der Waals surface area contributed by atoms with Crippen LogP contribution < -0.4 is 10.6 Å². The molecule has 0 unspecified atom stereocenters. The van der Waals surface area contributed by atoms with Crippen LogP contribution in [0.2, 0.25) is 0 Å². The van der Waals surface area contributed by atoms with E-state index in [2.05, 4.69) is 25.8 Å². The lowest BCUT2D eigenvalue weighted by Gasteiger charge is -2.16. The number of aliphatic imine (C=N–C) groups is 1. The monoisotopic (exact) mass is 493 g/mol. The van der Waals surface area contributed by atoms with Gasteiger partial charge in [-0.3, -0.25) is 4.40 Å². The lowest BCUT2D eigenvalue weighted by atomic mass is 10.4. The van der Waals surface area contributed by atoms with E-state index < -0.39 is 10.0 Å². The van der Waals surface area contributed by atoms with Gasteiger partial charge in [0.2, 0.25) is 10.0 Å². The predicted molar refractivity (Wildman–Crippen MR) is 111 cm³/mol. The molecule has 2 aromatic rings. The fraction of sp³-hybridized carbons (Fsp3) is 0.533. The third kappa shape index (κ3) is 5.04. The molecule has 0 radical (unpaired) electrons. The van der Waals surface area contributed by atoms with E-state index in [-0.39, 0.29) is 29.7 Å². The van der Waals surface area contributed by atoms with Crippen molar-refractivity contribution < 1.29 is 8.42 Å². The molecule has 1 fully saturated rings. The van der Waals surface area contributed by atoms with Gasteiger partial charge in [-0.05, 0) is 25.5 Å². The molecule has 0 spiro atoms. The van der Waals surface area contributed by atoms with Gasteiger partial charge < -0.3 is 10.6 Å². The Morgan fingerprint density at radius 3 is 2.88 bits per heavy atom. The number of hydrogen-bond acceptors (Lipinski definition) is 5. The maximum Gasteiger partial charge on any atom is 0.214 e. The highest BCUT2D eigenvalue weighted by Gasteiger charge is 2.27. The Morgan fingerprint density at radius 2 is 2.15 bits per heavy atom. The molecular weight excluding hydrogens is 469 g/mol. The molecule has 2 N–H and O–H groups in total. The number of guanidine groups is 1. The Morgan fingerprint density at radius 1 is 1.31 bits per heavy atom. The van der Waals surface area contributed by atoms with E-state index in [1.54, 1.807) is 0 Å². The van der Waals surface area contributed by atoms with Crippen molar-refractivity contribution >= 4 is 45.6 Å². The van der Waals surface area contributed by atoms with Crippen molar-refractivity contribution in [2.24, 2.45) is 4.99 Å². The van der Waals surface area contributed by atoms with Crippen LogP contribution in [-0.4, -0.2) is 65.2 Å². The van der Waals surface area contributed by atoms with E-state index in [4.69, 9.17) is 0 Å². The van der Waals surface area contributed by atoms with Crippen LogP contribution in [0.4, 0.5) is 0 Å². The van der Waals surface area contributed by atoms with Crippen molar-refractivity contribution in [2.75, 3.05) is 31.9 Å². The first kappa shape index (κ1) is 20.8. The van der Waals surface area contributed by atoms with Gasteiger partial charge in [0, 0.05) is 32.4 Å². The highest BCUT2D eigenvalue weighted by Crippen LogP contribution is 2.11. The summed E-state index contributed by atoms with van der Waals surface area (Å²) < 4.78 is 27.0. The molecule has 3 rings (SSSR count). The molecule has 0 aliphatic carbocycles. The molecule has 2 aromatic heterocycles. The Kier molecular flexibility index (Phi) is 7.58. The Labute approximate surface area is 170 Å². The Bertz CT molecular complexity index is 853. The molecule has 0 amide bonds. The average Bonchev–Trinajstić information content (AvgIpc) is 3.16. The molecule has 3 heterocycles. The van der Waals surface area contributed by atoms with Crippen LogP contribution in [0.5, 0.6) is 0 Å². The van der Waals surface area contributed by atoms with Crippen molar-refractivity contribution in [3.05, 3.63) is 30.2 Å². The summed E-state index contributed by atoms with van der Waals surface area (Å²) >= 11 is 0. The summed E-state index contributed by atoms with van der Waals surface area (Å²) in [5.74, 6) is 1.63. The minimum absolute atomic E-state index is 0. The predicted octanol–water partition coefficient (Wildman–Crippen LogP) is 0.438. The number of nitrogens with zero attached hydrogens (tertiary/aromatic N) is 5. The average molecular weight is 493 g/mol. The van der Waals surface area contributed by atoms with Crippen molar-refractivity contribution in [1.82, 2.24) is 29.5 Å². The lowest BCUT2D eigenvalue weighted by molar-refractivity contribution is 0.445. The van der Waals surface area contributed by atoms with E-state index >= 15 is 0 Å². The molecule has 0 atom stereocenters. The Hall–Kier alpha value is -1.47. The standard InChI is InChI=1S/C15H23N7O2S.HI/c1-2-16-15(17-7-10-21-8-5-11-25(21,23)24)18-12-14-20-19-13-6-3-4-9-22(13)14;/h3-4,6,9H,2,5,7-8,10-12H2,1H3,(H2,16,17,18);1H. The molecule has 144 valence electrons. The summed E-state index contributed by atoms with van der Waals surface area (Å²) in [7, 11) is -3.06. The molecule has 1 saturated heterocycles. The van der Waals surface area contributed by atoms with Crippen molar-refractivity contribution in [2.45, 2.75) is 19.9 Å². The second-order valence-electron chi connectivity index (χ2n) is 5.74. The highest BCUT2D eigenvalue weighted by atomic mass is 127. The van der Waals surface area contributed by atoms with Gasteiger partial charge in [0.1, 0.15) is 6.54 Å². The Balaban J connectivity index is 0.00000243. The van der Waals surface area contributed by atoms with Crippen molar-refractivity contribution in [3.8, 4) is 0 Å². The van der Waals surface area contributed by atoms with Crippen LogP contribution in [0.1, 0.15) is 19.2 Å². The minimum Gasteiger partial charge on any atom is -0.357 e. The van der Waals surface area contributed by atoms with Gasteiger partial charge in [0.05, 0.1) is 5.75 Å². The van der Waals surface area contributed by atoms with Crippen LogP contribution in [0.15, 0.2) is 29.4 Å². The quantitative estimate of drug-likeness (QED) is 0.344. The number of fused-ring (bicyclic) bond motifs is 1. The van der Waals surface area contributed by atoms with Crippen LogP contribution in [0.3, 0.4) is 0 Å². The van der Waals surface area contributed by atoms with Crippen LogP contribution in [0.25, 0.3) is 5.65 Å². The largest absolute Gasteiger partial charge is 0.357 e. The molecule has 26 heavy (non-hydrogen) atoms. The number of sulfonamides is 1. The summed E-state index contributed by atoms with van der Waals surface area (Å²) in [4.78, 5) is 4.51. The fourth-order valence-corrected chi connectivity index (χ4v) is 4.26. The summed E-state index contributed by atoms with van der Waals surface area (Å²) in [6.45, 7) is 4.63. The zero-order valence-corrected chi connectivity index (χ0v) is 17.8. The molecule has 0 saturated carbocycles. The van der Waals surface area contributed by atoms with E-state index in [9.17, 15) is 8.42 Å². The van der Waals surface area contributed by atoms with Crippen molar-refractivity contribution in [1.29, 1.82) is 0 Å². The summed E-state index contributed by atoms with van der Waals surface area (Å²) in [6, 6.07) is 5.72. The first-order valence-corrected chi connectivity index (χ1v) is 10.00. The van der Waals surface area contributed by atoms with Gasteiger partial charge in [0.25, 0.3) is 0 Å². The first-order valence-electron chi connectivity index (χ1n) is 8.39. The maximum absolute atomic E-state index is 11.8. The van der Waals surface area contributed by atoms with Gasteiger partial charge in [-0.2, -0.15) is 0 Å². The summed E-state index contributed by atoms with van der Waals surface area (Å²) in [5, 5.41) is 14.6. The molecular formula is C15H24IN7O2S. The lowest BCUT2D eigenvalue weighted by Crippen LogP contribution is -2.42. The SMILES string of the molecule is CCNC(=NCc1nnc2ccccn12)NCCN1CCCS1(=O)=O.I. The fourth-order valence-electron chi connectivity index (χ4n) is 2.73. The summed E-state index contributed by atoms with van der Waals surface area (Å²) in [5.41, 5.74) is 0.782.